The van der Waals surface area contributed by atoms with Crippen LogP contribution in [0.4, 0.5) is 17.6 Å². The van der Waals surface area contributed by atoms with E-state index in [1.165, 1.54) is 6.07 Å². The second-order valence-corrected chi connectivity index (χ2v) is 6.89. The molecule has 1 aliphatic heterocycles. The molecule has 156 valence electrons. The Morgan fingerprint density at radius 2 is 1.83 bits per heavy atom. The fraction of sp³-hybridized carbons (Fsp3) is 0.227. The molecule has 4 rings (SSSR count). The van der Waals surface area contributed by atoms with Crippen molar-refractivity contribution in [2.24, 2.45) is 0 Å². The number of hydrogen-bond donors (Lipinski definition) is 1. The van der Waals surface area contributed by atoms with Gasteiger partial charge in [0, 0.05) is 11.6 Å². The molecular weight excluding hydrogens is 402 g/mol. The van der Waals surface area contributed by atoms with Gasteiger partial charge < -0.3 is 14.6 Å². The van der Waals surface area contributed by atoms with E-state index in [4.69, 9.17) is 9.47 Å². The van der Waals surface area contributed by atoms with Crippen LogP contribution in [0.2, 0.25) is 0 Å². The molecule has 0 bridgehead atoms. The Bertz CT molecular complexity index is 1020. The van der Waals surface area contributed by atoms with Gasteiger partial charge in [0.2, 0.25) is 0 Å². The van der Waals surface area contributed by atoms with Crippen LogP contribution in [0.5, 0.6) is 5.75 Å². The van der Waals surface area contributed by atoms with Gasteiger partial charge in [0.15, 0.2) is 5.60 Å². The van der Waals surface area contributed by atoms with E-state index >= 15 is 8.78 Å². The van der Waals surface area contributed by atoms with Crippen molar-refractivity contribution in [1.82, 2.24) is 4.98 Å². The molecular formula is C22H17F4NO3. The summed E-state index contributed by atoms with van der Waals surface area (Å²) in [6.45, 7) is -0.744. The van der Waals surface area contributed by atoms with Gasteiger partial charge in [-0.25, -0.2) is 8.78 Å². The number of nitrogens with zero attached hydrogens (tertiary/aromatic N) is 1. The molecule has 0 aliphatic carbocycles. The van der Waals surface area contributed by atoms with E-state index in [9.17, 15) is 13.9 Å². The highest BCUT2D eigenvalue weighted by Crippen LogP contribution is 2.56. The molecule has 2 unspecified atom stereocenters. The zero-order valence-electron chi connectivity index (χ0n) is 15.6. The molecule has 30 heavy (non-hydrogen) atoms. The number of halogens is 4. The number of pyridine rings is 1. The van der Waals surface area contributed by atoms with E-state index in [-0.39, 0.29) is 12.4 Å². The maximum Gasteiger partial charge on any atom is 0.324 e. The third-order valence-electron chi connectivity index (χ3n) is 4.98. The molecule has 4 nitrogen and oxygen atoms in total. The predicted molar refractivity (Wildman–Crippen MR) is 99.0 cm³/mol. The first-order chi connectivity index (χ1) is 14.4. The Labute approximate surface area is 169 Å². The van der Waals surface area contributed by atoms with Gasteiger partial charge in [0.1, 0.15) is 29.2 Å². The minimum absolute atomic E-state index is 0.177. The maximum absolute atomic E-state index is 15.2. The van der Waals surface area contributed by atoms with Gasteiger partial charge in [-0.05, 0) is 29.8 Å². The van der Waals surface area contributed by atoms with Crippen LogP contribution in [0, 0.1) is 11.6 Å². The average molecular weight is 419 g/mol. The number of aliphatic hydroxyl groups is 1. The molecule has 8 heteroatoms. The van der Waals surface area contributed by atoms with Crippen LogP contribution in [0.3, 0.4) is 0 Å². The van der Waals surface area contributed by atoms with Crippen molar-refractivity contribution in [3.05, 3.63) is 95.3 Å². The van der Waals surface area contributed by atoms with Crippen molar-refractivity contribution in [3.63, 3.8) is 0 Å². The Morgan fingerprint density at radius 1 is 1.10 bits per heavy atom. The predicted octanol–water partition coefficient (Wildman–Crippen LogP) is 4.49. The van der Waals surface area contributed by atoms with E-state index in [1.54, 1.807) is 24.3 Å². The molecule has 0 saturated carbocycles. The van der Waals surface area contributed by atoms with E-state index in [0.29, 0.717) is 11.6 Å². The van der Waals surface area contributed by atoms with Crippen LogP contribution in [-0.4, -0.2) is 23.3 Å². The summed E-state index contributed by atoms with van der Waals surface area (Å²) in [7, 11) is 0. The van der Waals surface area contributed by atoms with Gasteiger partial charge in [-0.15, -0.1) is 0 Å². The first kappa shape index (κ1) is 20.3. The normalized spacial score (nSPS) is 19.4. The summed E-state index contributed by atoms with van der Waals surface area (Å²) in [5, 5.41) is 9.57. The van der Waals surface area contributed by atoms with Crippen molar-refractivity contribution in [2.75, 3.05) is 13.2 Å². The molecule has 2 atom stereocenters. The molecule has 2 aromatic carbocycles. The zero-order valence-corrected chi connectivity index (χ0v) is 15.6. The van der Waals surface area contributed by atoms with E-state index in [2.05, 4.69) is 4.98 Å². The van der Waals surface area contributed by atoms with Crippen molar-refractivity contribution in [2.45, 2.75) is 17.6 Å². The van der Waals surface area contributed by atoms with Crippen LogP contribution in [0.15, 0.2) is 66.9 Å². The number of aliphatic hydroxyl groups excluding tert-OH is 1. The maximum atomic E-state index is 15.2. The first-order valence-electron chi connectivity index (χ1n) is 9.14. The van der Waals surface area contributed by atoms with Gasteiger partial charge >= 0.3 is 5.92 Å². The van der Waals surface area contributed by atoms with Crippen molar-refractivity contribution in [3.8, 4) is 5.75 Å². The fourth-order valence-electron chi connectivity index (χ4n) is 3.28. The molecule has 0 radical (unpaired) electrons. The molecule has 2 heterocycles. The summed E-state index contributed by atoms with van der Waals surface area (Å²) in [6.07, 6.45) is 0.414. The summed E-state index contributed by atoms with van der Waals surface area (Å²) >= 11 is 0. The molecule has 3 aromatic rings. The smallest absolute Gasteiger partial charge is 0.324 e. The van der Waals surface area contributed by atoms with E-state index in [1.807, 2.05) is 6.07 Å². The molecule has 0 spiro atoms. The summed E-state index contributed by atoms with van der Waals surface area (Å²) in [4.78, 5) is 3.78. The Hall–Kier alpha value is -2.97. The van der Waals surface area contributed by atoms with Crippen LogP contribution in [0.1, 0.15) is 22.9 Å². The van der Waals surface area contributed by atoms with Gasteiger partial charge in [-0.1, -0.05) is 30.3 Å². The summed E-state index contributed by atoms with van der Waals surface area (Å²) in [6, 6.07) is 13.7. The van der Waals surface area contributed by atoms with Gasteiger partial charge in [0.25, 0.3) is 0 Å². The second kappa shape index (κ2) is 7.70. The summed E-state index contributed by atoms with van der Waals surface area (Å²) < 4.78 is 68.2. The van der Waals surface area contributed by atoms with Gasteiger partial charge in [0.05, 0.1) is 19.4 Å². The Kier molecular flexibility index (Phi) is 5.21. The third-order valence-corrected chi connectivity index (χ3v) is 4.98. The van der Waals surface area contributed by atoms with Crippen molar-refractivity contribution < 1.29 is 32.1 Å². The Balaban J connectivity index is 1.57. The van der Waals surface area contributed by atoms with Crippen LogP contribution in [0.25, 0.3) is 0 Å². The van der Waals surface area contributed by atoms with Crippen LogP contribution >= 0.6 is 0 Å². The summed E-state index contributed by atoms with van der Waals surface area (Å²) in [5.41, 5.74) is -2.60. The molecule has 1 aromatic heterocycles. The standard InChI is InChI=1S/C22H17F4NO3/c23-15-6-8-17(18(24)10-15)21(13-29-21)22(25,26)20-9-7-16(11-27-20)30-19(12-28)14-4-2-1-3-5-14/h1-11,19,28H,12-13H2. The highest BCUT2D eigenvalue weighted by atomic mass is 19.3. The number of alkyl halides is 2. The monoisotopic (exact) mass is 419 g/mol. The quantitative estimate of drug-likeness (QED) is 0.453. The van der Waals surface area contributed by atoms with Crippen LogP contribution < -0.4 is 4.74 Å². The van der Waals surface area contributed by atoms with Gasteiger partial charge in [-0.3, -0.25) is 4.98 Å². The minimum atomic E-state index is -3.67. The molecule has 0 amide bonds. The lowest BCUT2D eigenvalue weighted by atomic mass is 9.90. The number of hydrogen-bond acceptors (Lipinski definition) is 4. The fourth-order valence-corrected chi connectivity index (χ4v) is 3.28. The highest BCUT2D eigenvalue weighted by molar-refractivity contribution is 5.36. The van der Waals surface area contributed by atoms with E-state index in [0.717, 1.165) is 24.4 Å². The minimum Gasteiger partial charge on any atom is -0.482 e. The molecule has 1 aliphatic rings. The number of rotatable bonds is 7. The summed E-state index contributed by atoms with van der Waals surface area (Å²) in [5.74, 6) is -5.47. The molecule has 1 saturated heterocycles. The largest absolute Gasteiger partial charge is 0.482 e. The number of epoxide rings is 1. The lowest BCUT2D eigenvalue weighted by molar-refractivity contribution is -0.0902. The topological polar surface area (TPSA) is 54.9 Å². The lowest BCUT2D eigenvalue weighted by Crippen LogP contribution is -2.34. The SMILES string of the molecule is OCC(Oc1ccc(C(F)(F)C2(c3ccc(F)cc3F)CO2)nc1)c1ccccc1. The molecule has 1 N–H and O–H groups in total. The number of aromatic nitrogens is 1. The highest BCUT2D eigenvalue weighted by Gasteiger charge is 2.68. The van der Waals surface area contributed by atoms with Crippen LogP contribution in [-0.2, 0) is 16.3 Å². The van der Waals surface area contributed by atoms with E-state index < -0.39 is 47.1 Å². The van der Waals surface area contributed by atoms with Crippen molar-refractivity contribution in [1.29, 1.82) is 0 Å². The average Bonchev–Trinajstić information content (AvgIpc) is 3.55. The zero-order chi connectivity index (χ0) is 21.4. The third kappa shape index (κ3) is 3.53. The number of ether oxygens (including phenoxy) is 2. The first-order valence-corrected chi connectivity index (χ1v) is 9.14. The number of benzene rings is 2. The Morgan fingerprint density at radius 3 is 2.40 bits per heavy atom. The molecule has 1 fully saturated rings. The van der Waals surface area contributed by atoms with Crippen molar-refractivity contribution >= 4 is 0 Å². The lowest BCUT2D eigenvalue weighted by Gasteiger charge is -2.24. The van der Waals surface area contributed by atoms with Gasteiger partial charge in [-0.2, -0.15) is 8.78 Å². The second-order valence-electron chi connectivity index (χ2n) is 6.89.